The van der Waals surface area contributed by atoms with Crippen LogP contribution in [0.15, 0.2) is 0 Å². The third-order valence-electron chi connectivity index (χ3n) is 0.653. The van der Waals surface area contributed by atoms with Crippen LogP contribution in [0, 0.1) is 0 Å². The van der Waals surface area contributed by atoms with Gasteiger partial charge in [0.2, 0.25) is 0 Å². The van der Waals surface area contributed by atoms with E-state index in [2.05, 4.69) is 6.92 Å². The molecule has 0 aromatic heterocycles. The van der Waals surface area contributed by atoms with Crippen LogP contribution in [0.1, 0.15) is 6.92 Å². The Morgan fingerprint density at radius 1 is 2.00 bits per heavy atom. The van der Waals surface area contributed by atoms with Crippen LogP contribution in [0.5, 0.6) is 0 Å². The molecule has 0 aromatic carbocycles. The lowest BCUT2D eigenvalue weighted by Crippen LogP contribution is -2.00. The molecule has 0 aromatic rings. The average molecular weight is 198 g/mol. The number of rotatable bonds is 0. The summed E-state index contributed by atoms with van der Waals surface area (Å²) in [6.07, 6.45) is 0.540. The Bertz CT molecular complexity index is 61.9. The van der Waals surface area contributed by atoms with Gasteiger partial charge in [0, 0.05) is 4.43 Å². The molecule has 1 rings (SSSR count). The minimum atomic E-state index is 0.355. The van der Waals surface area contributed by atoms with Crippen LogP contribution in [0.4, 0.5) is 0 Å². The van der Waals surface area contributed by atoms with E-state index in [1.807, 2.05) is 4.20 Å². The van der Waals surface area contributed by atoms with Crippen molar-refractivity contribution in [2.45, 2.75) is 13.0 Å². The molecule has 0 spiro atoms. The minimum absolute atomic E-state index is 0.355. The van der Waals surface area contributed by atoms with Crippen LogP contribution in [-0.4, -0.2) is 14.7 Å². The van der Waals surface area contributed by atoms with Crippen LogP contribution in [0.2, 0.25) is 0 Å². The maximum Gasteiger partial charge on any atom is 0.0697 e. The van der Waals surface area contributed by atoms with Gasteiger partial charge in [0.1, 0.15) is 0 Å². The van der Waals surface area contributed by atoms with Gasteiger partial charge >= 0.3 is 0 Å². The largest absolute Gasteiger partial charge is 0.344 e. The summed E-state index contributed by atoms with van der Waals surface area (Å²) in [6, 6.07) is 0. The predicted molar refractivity (Wildman–Crippen MR) is 35.5 cm³/mol. The van der Waals surface area contributed by atoms with Crippen molar-refractivity contribution in [3.8, 4) is 0 Å². The summed E-state index contributed by atoms with van der Waals surface area (Å²) in [6.45, 7) is 2.11. The quantitative estimate of drug-likeness (QED) is 0.418. The lowest BCUT2D eigenvalue weighted by molar-refractivity contribution is 0.259. The van der Waals surface area contributed by atoms with Crippen molar-refractivity contribution < 1.29 is 4.74 Å². The Balaban J connectivity index is 2.32. The Morgan fingerprint density at radius 3 is 3.00 bits per heavy atom. The first-order valence-electron chi connectivity index (χ1n) is 1.94. The van der Waals surface area contributed by atoms with Crippen molar-refractivity contribution in [2.75, 3.05) is 4.43 Å². The van der Waals surface area contributed by atoms with E-state index in [-0.39, 0.29) is 0 Å². The highest BCUT2D eigenvalue weighted by atomic mass is 127. The van der Waals surface area contributed by atoms with Crippen LogP contribution < -0.4 is 0 Å². The number of hydrogen-bond donors (Lipinski definition) is 0. The lowest BCUT2D eigenvalue weighted by Gasteiger charge is -1.93. The van der Waals surface area contributed by atoms with E-state index in [1.54, 1.807) is 0 Å². The Morgan fingerprint density at radius 2 is 2.83 bits per heavy atom. The third-order valence-corrected chi connectivity index (χ3v) is 3.06. The number of ether oxygens (including phenoxy) is 1. The maximum absolute atomic E-state index is 5.08. The first kappa shape index (κ1) is 4.71. The molecule has 0 amide bonds. The van der Waals surface area contributed by atoms with Crippen molar-refractivity contribution in [3.63, 3.8) is 0 Å². The molecule has 36 valence electrons. The van der Waals surface area contributed by atoms with Gasteiger partial charge in [-0.1, -0.05) is 20.7 Å². The monoisotopic (exact) mass is 198 g/mol. The fraction of sp³-hybridized carbons (Fsp3) is 0.750. The Labute approximate surface area is 47.4 Å². The molecule has 0 bridgehead atoms. The van der Waals surface area contributed by atoms with E-state index in [1.165, 1.54) is 4.43 Å². The second-order valence-electron chi connectivity index (χ2n) is 1.34. The van der Waals surface area contributed by atoms with E-state index in [0.717, 1.165) is 0 Å². The second-order valence-corrected chi connectivity index (χ2v) is 3.61. The highest BCUT2D eigenvalue weighted by molar-refractivity contribution is 14.2. The van der Waals surface area contributed by atoms with Gasteiger partial charge in [-0.15, -0.1) is 0 Å². The predicted octanol–water partition coefficient (Wildman–Crippen LogP) is 1.14. The molecule has 0 radical (unpaired) electrons. The number of hydrogen-bond acceptors (Lipinski definition) is 1. The molecule has 1 heterocycles. The van der Waals surface area contributed by atoms with Crippen LogP contribution in [-0.2, 0) is 4.74 Å². The molecule has 0 saturated carbocycles. The third kappa shape index (κ3) is 1.01. The second kappa shape index (κ2) is 2.02. The van der Waals surface area contributed by atoms with E-state index in [4.69, 9.17) is 4.74 Å². The first-order chi connectivity index (χ1) is 2.89. The first-order valence-corrected chi connectivity index (χ1v) is 4.71. The molecule has 1 aliphatic rings. The summed E-state index contributed by atoms with van der Waals surface area (Å²) in [5.41, 5.74) is 0. The molecule has 1 atom stereocenters. The molecular formula is C4H7IO. The van der Waals surface area contributed by atoms with Crippen LogP contribution in [0.3, 0.4) is 0 Å². The standard InChI is InChI=1S/C4H7IO/c1-4-2-5-3-6-4/h3-4H,2H2,1H3/t4-/m1/s1. The highest BCUT2D eigenvalue weighted by Gasteiger charge is 2.01. The van der Waals surface area contributed by atoms with Gasteiger partial charge in [0.25, 0.3) is 0 Å². The van der Waals surface area contributed by atoms with Gasteiger partial charge in [-0.3, -0.25) is 0 Å². The molecule has 0 fully saturated rings. The zero-order valence-corrected chi connectivity index (χ0v) is 5.81. The minimum Gasteiger partial charge on any atom is -0.344 e. The van der Waals surface area contributed by atoms with Crippen LogP contribution >= 0.6 is 20.7 Å². The zero-order chi connectivity index (χ0) is 4.41. The van der Waals surface area contributed by atoms with Crippen molar-refractivity contribution in [1.29, 1.82) is 0 Å². The van der Waals surface area contributed by atoms with Gasteiger partial charge in [0.15, 0.2) is 0 Å². The van der Waals surface area contributed by atoms with Gasteiger partial charge in [-0.25, -0.2) is 0 Å². The van der Waals surface area contributed by atoms with Gasteiger partial charge in [0.05, 0.1) is 10.3 Å². The smallest absolute Gasteiger partial charge is 0.0697 e. The summed E-state index contributed by atoms with van der Waals surface area (Å²) in [7, 11) is 0. The number of halogens is 1. The van der Waals surface area contributed by atoms with Crippen molar-refractivity contribution in [3.05, 3.63) is 0 Å². The summed E-state index contributed by atoms with van der Waals surface area (Å²) in [4.78, 5) is 0. The summed E-state index contributed by atoms with van der Waals surface area (Å²) in [5, 5.41) is 0. The summed E-state index contributed by atoms with van der Waals surface area (Å²) < 4.78 is 8.38. The molecular weight excluding hydrogens is 191 g/mol. The van der Waals surface area contributed by atoms with E-state index in [9.17, 15) is 0 Å². The van der Waals surface area contributed by atoms with E-state index >= 15 is 0 Å². The van der Waals surface area contributed by atoms with E-state index < -0.39 is 0 Å². The molecule has 1 nitrogen and oxygen atoms in total. The van der Waals surface area contributed by atoms with Crippen molar-refractivity contribution in [2.24, 2.45) is 0 Å². The molecule has 0 N–H and O–H groups in total. The molecule has 1 aliphatic heterocycles. The van der Waals surface area contributed by atoms with Gasteiger partial charge < -0.3 is 4.74 Å². The van der Waals surface area contributed by atoms with Gasteiger partial charge in [-0.05, 0) is 6.92 Å². The normalized spacial score (nSPS) is 33.2. The SMILES string of the molecule is C[C@@H]1CI=CO1. The van der Waals surface area contributed by atoms with Crippen LogP contribution in [0.25, 0.3) is 0 Å². The average Bonchev–Trinajstić information content (AvgIpc) is 1.86. The number of alkyl halides is 1. The maximum atomic E-state index is 5.08. The van der Waals surface area contributed by atoms with E-state index in [0.29, 0.717) is 26.8 Å². The van der Waals surface area contributed by atoms with Crippen molar-refractivity contribution >= 4 is 24.9 Å². The fourth-order valence-corrected chi connectivity index (χ4v) is 2.16. The summed E-state index contributed by atoms with van der Waals surface area (Å²) >= 11 is 0.355. The molecule has 2 heteroatoms. The topological polar surface area (TPSA) is 9.23 Å². The fourth-order valence-electron chi connectivity index (χ4n) is 0.322. The van der Waals surface area contributed by atoms with Crippen molar-refractivity contribution in [1.82, 2.24) is 0 Å². The lowest BCUT2D eigenvalue weighted by atomic mass is 10.5. The molecule has 6 heavy (non-hydrogen) atoms. The molecule has 0 aliphatic carbocycles. The molecule has 0 saturated heterocycles. The zero-order valence-electron chi connectivity index (χ0n) is 3.65. The van der Waals surface area contributed by atoms with Gasteiger partial charge in [-0.2, -0.15) is 0 Å². The molecule has 0 unspecified atom stereocenters. The summed E-state index contributed by atoms with van der Waals surface area (Å²) in [5.74, 6) is 0. The highest BCUT2D eigenvalue weighted by Crippen LogP contribution is 2.08. The Hall–Kier alpha value is 0.560. The Kier molecular flexibility index (Phi) is 1.59.